The molecule has 1 fully saturated rings. The molecule has 2 aliphatic heterocycles. The SMILES string of the molecule is Cc1cc2c(cc1CN1CCC[C@H]1c1ccccn1)OCCO2. The minimum Gasteiger partial charge on any atom is -0.486 e. The molecule has 0 saturated carbocycles. The highest BCUT2D eigenvalue weighted by molar-refractivity contribution is 5.47. The molecule has 1 saturated heterocycles. The summed E-state index contributed by atoms with van der Waals surface area (Å²) in [6.45, 7) is 5.48. The van der Waals surface area contributed by atoms with E-state index in [1.54, 1.807) is 0 Å². The maximum absolute atomic E-state index is 5.74. The molecular formula is C19H22N2O2. The zero-order chi connectivity index (χ0) is 15.6. The van der Waals surface area contributed by atoms with Crippen molar-refractivity contribution >= 4 is 0 Å². The molecule has 3 heterocycles. The van der Waals surface area contributed by atoms with E-state index in [2.05, 4.69) is 41.1 Å². The Morgan fingerprint density at radius 3 is 2.78 bits per heavy atom. The third-order valence-electron chi connectivity index (χ3n) is 4.77. The van der Waals surface area contributed by atoms with E-state index in [1.807, 2.05) is 12.3 Å². The molecule has 4 rings (SSSR count). The van der Waals surface area contributed by atoms with Crippen molar-refractivity contribution in [2.24, 2.45) is 0 Å². The van der Waals surface area contributed by atoms with E-state index in [0.717, 1.165) is 24.6 Å². The van der Waals surface area contributed by atoms with E-state index in [-0.39, 0.29) is 0 Å². The molecule has 4 heteroatoms. The average molecular weight is 310 g/mol. The molecule has 0 aliphatic carbocycles. The number of hydrogen-bond donors (Lipinski definition) is 0. The van der Waals surface area contributed by atoms with Gasteiger partial charge in [0.1, 0.15) is 13.2 Å². The van der Waals surface area contributed by atoms with Crippen molar-refractivity contribution in [1.82, 2.24) is 9.88 Å². The van der Waals surface area contributed by atoms with Crippen LogP contribution >= 0.6 is 0 Å². The molecule has 0 radical (unpaired) electrons. The van der Waals surface area contributed by atoms with Crippen LogP contribution in [0.1, 0.15) is 35.7 Å². The van der Waals surface area contributed by atoms with Gasteiger partial charge in [0.2, 0.25) is 0 Å². The molecule has 2 aromatic rings. The standard InChI is InChI=1S/C19H22N2O2/c1-14-11-18-19(23-10-9-22-18)12-15(14)13-21-8-4-6-17(21)16-5-2-3-7-20-16/h2-3,5,7,11-12,17H,4,6,8-10,13H2,1H3/t17-/m0/s1. The molecule has 0 bridgehead atoms. The van der Waals surface area contributed by atoms with E-state index in [0.29, 0.717) is 19.3 Å². The van der Waals surface area contributed by atoms with Crippen LogP contribution in [0.2, 0.25) is 0 Å². The summed E-state index contributed by atoms with van der Waals surface area (Å²) >= 11 is 0. The average Bonchev–Trinajstić information content (AvgIpc) is 3.04. The second-order valence-corrected chi connectivity index (χ2v) is 6.31. The number of ether oxygens (including phenoxy) is 2. The van der Waals surface area contributed by atoms with Gasteiger partial charge in [-0.15, -0.1) is 0 Å². The van der Waals surface area contributed by atoms with Crippen LogP contribution in [0.3, 0.4) is 0 Å². The lowest BCUT2D eigenvalue weighted by molar-refractivity contribution is 0.170. The molecule has 0 unspecified atom stereocenters. The lowest BCUT2D eigenvalue weighted by atomic mass is 10.1. The van der Waals surface area contributed by atoms with Crippen LogP contribution in [0, 0.1) is 6.92 Å². The number of benzene rings is 1. The maximum Gasteiger partial charge on any atom is 0.161 e. The number of pyridine rings is 1. The molecule has 4 nitrogen and oxygen atoms in total. The number of fused-ring (bicyclic) bond motifs is 1. The molecule has 120 valence electrons. The van der Waals surface area contributed by atoms with Gasteiger partial charge in [0.25, 0.3) is 0 Å². The van der Waals surface area contributed by atoms with Crippen molar-refractivity contribution in [2.45, 2.75) is 32.4 Å². The molecule has 23 heavy (non-hydrogen) atoms. The van der Waals surface area contributed by atoms with Crippen molar-refractivity contribution in [3.63, 3.8) is 0 Å². The largest absolute Gasteiger partial charge is 0.486 e. The molecule has 1 aromatic heterocycles. The van der Waals surface area contributed by atoms with Crippen LogP contribution in [0.25, 0.3) is 0 Å². The van der Waals surface area contributed by atoms with E-state index in [9.17, 15) is 0 Å². The van der Waals surface area contributed by atoms with Crippen LogP contribution in [-0.4, -0.2) is 29.6 Å². The minimum absolute atomic E-state index is 0.420. The van der Waals surface area contributed by atoms with Crippen LogP contribution in [0.4, 0.5) is 0 Å². The fourth-order valence-corrected chi connectivity index (χ4v) is 3.55. The first-order chi connectivity index (χ1) is 11.3. The summed E-state index contributed by atoms with van der Waals surface area (Å²) in [5, 5.41) is 0. The number of aromatic nitrogens is 1. The predicted molar refractivity (Wildman–Crippen MR) is 88.8 cm³/mol. The topological polar surface area (TPSA) is 34.6 Å². The van der Waals surface area contributed by atoms with Gasteiger partial charge in [-0.25, -0.2) is 0 Å². The summed E-state index contributed by atoms with van der Waals surface area (Å²) in [5.74, 6) is 1.76. The predicted octanol–water partition coefficient (Wildman–Crippen LogP) is 3.50. The minimum atomic E-state index is 0.420. The van der Waals surface area contributed by atoms with E-state index in [4.69, 9.17) is 9.47 Å². The fourth-order valence-electron chi connectivity index (χ4n) is 3.55. The third-order valence-corrected chi connectivity index (χ3v) is 4.77. The van der Waals surface area contributed by atoms with Gasteiger partial charge in [-0.3, -0.25) is 9.88 Å². The summed E-state index contributed by atoms with van der Waals surface area (Å²) in [7, 11) is 0. The molecule has 1 aromatic carbocycles. The number of hydrogen-bond acceptors (Lipinski definition) is 4. The molecule has 1 atom stereocenters. The lowest BCUT2D eigenvalue weighted by Crippen LogP contribution is -2.24. The Hall–Kier alpha value is -2.07. The van der Waals surface area contributed by atoms with Gasteiger partial charge in [-0.2, -0.15) is 0 Å². The Labute approximate surface area is 137 Å². The van der Waals surface area contributed by atoms with Crippen molar-refractivity contribution in [3.8, 4) is 11.5 Å². The molecule has 0 spiro atoms. The Bertz CT molecular complexity index is 687. The molecule has 0 amide bonds. The van der Waals surface area contributed by atoms with Gasteiger partial charge in [0, 0.05) is 12.7 Å². The van der Waals surface area contributed by atoms with Crippen molar-refractivity contribution in [1.29, 1.82) is 0 Å². The third kappa shape index (κ3) is 2.91. The summed E-state index contributed by atoms with van der Waals surface area (Å²) in [5.41, 5.74) is 3.76. The summed E-state index contributed by atoms with van der Waals surface area (Å²) in [4.78, 5) is 7.09. The van der Waals surface area contributed by atoms with Crippen LogP contribution < -0.4 is 9.47 Å². The number of rotatable bonds is 3. The first kappa shape index (κ1) is 14.5. The summed E-state index contributed by atoms with van der Waals surface area (Å²) in [6, 6.07) is 10.9. The molecule has 0 N–H and O–H groups in total. The molecule has 2 aliphatic rings. The van der Waals surface area contributed by atoms with Crippen LogP contribution in [0.15, 0.2) is 36.5 Å². The van der Waals surface area contributed by atoms with E-state index in [1.165, 1.54) is 29.7 Å². The number of aryl methyl sites for hydroxylation is 1. The van der Waals surface area contributed by atoms with Crippen LogP contribution in [0.5, 0.6) is 11.5 Å². The van der Waals surface area contributed by atoms with Crippen molar-refractivity contribution in [2.75, 3.05) is 19.8 Å². The Kier molecular flexibility index (Phi) is 3.92. The van der Waals surface area contributed by atoms with Gasteiger partial charge >= 0.3 is 0 Å². The molecular weight excluding hydrogens is 288 g/mol. The van der Waals surface area contributed by atoms with Crippen molar-refractivity contribution in [3.05, 3.63) is 53.3 Å². The number of likely N-dealkylation sites (tertiary alicyclic amines) is 1. The van der Waals surface area contributed by atoms with Crippen molar-refractivity contribution < 1.29 is 9.47 Å². The summed E-state index contributed by atoms with van der Waals surface area (Å²) < 4.78 is 11.4. The smallest absolute Gasteiger partial charge is 0.161 e. The zero-order valence-corrected chi connectivity index (χ0v) is 13.5. The highest BCUT2D eigenvalue weighted by Gasteiger charge is 2.27. The highest BCUT2D eigenvalue weighted by Crippen LogP contribution is 2.36. The first-order valence-corrected chi connectivity index (χ1v) is 8.35. The Balaban J connectivity index is 1.57. The van der Waals surface area contributed by atoms with E-state index < -0.39 is 0 Å². The quantitative estimate of drug-likeness (QED) is 0.869. The highest BCUT2D eigenvalue weighted by atomic mass is 16.6. The first-order valence-electron chi connectivity index (χ1n) is 8.35. The van der Waals surface area contributed by atoms with Crippen LogP contribution in [-0.2, 0) is 6.54 Å². The van der Waals surface area contributed by atoms with Gasteiger partial charge in [-0.05, 0) is 61.7 Å². The maximum atomic E-state index is 5.74. The van der Waals surface area contributed by atoms with Gasteiger partial charge in [0.15, 0.2) is 11.5 Å². The Morgan fingerprint density at radius 2 is 2.00 bits per heavy atom. The number of nitrogens with zero attached hydrogens (tertiary/aromatic N) is 2. The normalized spacial score (nSPS) is 20.7. The second kappa shape index (κ2) is 6.20. The fraction of sp³-hybridized carbons (Fsp3) is 0.421. The monoisotopic (exact) mass is 310 g/mol. The summed E-state index contributed by atoms with van der Waals surface area (Å²) in [6.07, 6.45) is 4.30. The van der Waals surface area contributed by atoms with Gasteiger partial charge < -0.3 is 9.47 Å². The van der Waals surface area contributed by atoms with E-state index >= 15 is 0 Å². The van der Waals surface area contributed by atoms with Gasteiger partial charge in [0.05, 0.1) is 11.7 Å². The Morgan fingerprint density at radius 1 is 1.17 bits per heavy atom. The second-order valence-electron chi connectivity index (χ2n) is 6.31. The lowest BCUT2D eigenvalue weighted by Gasteiger charge is -2.26. The zero-order valence-electron chi connectivity index (χ0n) is 13.5. The van der Waals surface area contributed by atoms with Gasteiger partial charge in [-0.1, -0.05) is 6.07 Å².